The maximum absolute atomic E-state index is 11.3. The largest absolute Gasteiger partial charge is 0.486 e. The van der Waals surface area contributed by atoms with Gasteiger partial charge in [-0.1, -0.05) is 11.6 Å². The molecule has 0 aliphatic carbocycles. The van der Waals surface area contributed by atoms with Crippen LogP contribution in [0.25, 0.3) is 0 Å². The third-order valence-electron chi connectivity index (χ3n) is 2.52. The SMILES string of the molecule is NCCC(=O)NCc1cc(Cl)c2c(c1)OCCO2. The molecule has 2 rings (SSSR count). The Kier molecular flexibility index (Phi) is 4.28. The van der Waals surface area contributed by atoms with Gasteiger partial charge in [-0.05, 0) is 17.7 Å². The van der Waals surface area contributed by atoms with E-state index in [2.05, 4.69) is 5.32 Å². The third kappa shape index (κ3) is 3.05. The highest BCUT2D eigenvalue weighted by Gasteiger charge is 2.16. The Bertz CT molecular complexity index is 451. The quantitative estimate of drug-likeness (QED) is 0.859. The Labute approximate surface area is 110 Å². The van der Waals surface area contributed by atoms with Crippen molar-refractivity contribution in [3.8, 4) is 11.5 Å². The molecule has 1 aromatic rings. The highest BCUT2D eigenvalue weighted by Crippen LogP contribution is 2.38. The number of hydrogen-bond donors (Lipinski definition) is 2. The minimum atomic E-state index is -0.0801. The molecule has 1 heterocycles. The van der Waals surface area contributed by atoms with Crippen molar-refractivity contribution in [3.63, 3.8) is 0 Å². The van der Waals surface area contributed by atoms with Crippen LogP contribution in [-0.4, -0.2) is 25.7 Å². The van der Waals surface area contributed by atoms with Gasteiger partial charge in [-0.15, -0.1) is 0 Å². The molecule has 3 N–H and O–H groups in total. The summed E-state index contributed by atoms with van der Waals surface area (Å²) in [7, 11) is 0. The number of rotatable bonds is 4. The fourth-order valence-electron chi connectivity index (χ4n) is 1.69. The van der Waals surface area contributed by atoms with Gasteiger partial charge in [-0.2, -0.15) is 0 Å². The third-order valence-corrected chi connectivity index (χ3v) is 2.80. The van der Waals surface area contributed by atoms with E-state index < -0.39 is 0 Å². The van der Waals surface area contributed by atoms with E-state index in [0.717, 1.165) is 5.56 Å². The van der Waals surface area contributed by atoms with Gasteiger partial charge in [0.15, 0.2) is 11.5 Å². The number of nitrogens with two attached hydrogens (primary N) is 1. The van der Waals surface area contributed by atoms with Gasteiger partial charge >= 0.3 is 0 Å². The number of ether oxygens (including phenoxy) is 2. The van der Waals surface area contributed by atoms with Crippen LogP contribution in [0.3, 0.4) is 0 Å². The van der Waals surface area contributed by atoms with Crippen LogP contribution in [0.2, 0.25) is 5.02 Å². The van der Waals surface area contributed by atoms with E-state index in [1.54, 1.807) is 6.07 Å². The summed E-state index contributed by atoms with van der Waals surface area (Å²) in [6, 6.07) is 3.58. The van der Waals surface area contributed by atoms with Crippen molar-refractivity contribution in [2.45, 2.75) is 13.0 Å². The lowest BCUT2D eigenvalue weighted by Gasteiger charge is -2.20. The van der Waals surface area contributed by atoms with Crippen LogP contribution in [0.1, 0.15) is 12.0 Å². The molecule has 0 spiro atoms. The summed E-state index contributed by atoms with van der Waals surface area (Å²) in [5.74, 6) is 1.11. The maximum Gasteiger partial charge on any atom is 0.221 e. The Morgan fingerprint density at radius 2 is 2.17 bits per heavy atom. The topological polar surface area (TPSA) is 73.6 Å². The standard InChI is InChI=1S/C12H15ClN2O3/c13-9-5-8(7-15-11(16)1-2-14)6-10-12(9)18-4-3-17-10/h5-6H,1-4,7,14H2,(H,15,16). The first-order valence-corrected chi connectivity index (χ1v) is 6.13. The summed E-state index contributed by atoms with van der Waals surface area (Å²) in [4.78, 5) is 11.3. The first-order chi connectivity index (χ1) is 8.70. The second kappa shape index (κ2) is 5.93. The molecule has 0 saturated heterocycles. The van der Waals surface area contributed by atoms with E-state index in [9.17, 15) is 4.79 Å². The van der Waals surface area contributed by atoms with E-state index in [4.69, 9.17) is 26.8 Å². The molecule has 1 aliphatic heterocycles. The first-order valence-electron chi connectivity index (χ1n) is 5.75. The van der Waals surface area contributed by atoms with Crippen molar-refractivity contribution in [1.82, 2.24) is 5.32 Å². The van der Waals surface area contributed by atoms with Crippen LogP contribution in [0.5, 0.6) is 11.5 Å². The summed E-state index contributed by atoms with van der Waals surface area (Å²) in [5, 5.41) is 3.26. The Morgan fingerprint density at radius 3 is 2.94 bits per heavy atom. The Hall–Kier alpha value is -1.46. The minimum Gasteiger partial charge on any atom is -0.486 e. The summed E-state index contributed by atoms with van der Waals surface area (Å²) >= 11 is 6.09. The van der Waals surface area contributed by atoms with Crippen molar-refractivity contribution >= 4 is 17.5 Å². The summed E-state index contributed by atoms with van der Waals surface area (Å²) in [6.07, 6.45) is 0.318. The maximum atomic E-state index is 11.3. The molecule has 0 bridgehead atoms. The van der Waals surface area contributed by atoms with Crippen LogP contribution in [-0.2, 0) is 11.3 Å². The fraction of sp³-hybridized carbons (Fsp3) is 0.417. The van der Waals surface area contributed by atoms with Gasteiger partial charge in [0.1, 0.15) is 13.2 Å². The van der Waals surface area contributed by atoms with Crippen LogP contribution >= 0.6 is 11.6 Å². The average Bonchev–Trinajstić information content (AvgIpc) is 2.37. The van der Waals surface area contributed by atoms with Crippen molar-refractivity contribution in [2.24, 2.45) is 5.73 Å². The van der Waals surface area contributed by atoms with Gasteiger partial charge in [-0.3, -0.25) is 4.79 Å². The Balaban J connectivity index is 2.05. The smallest absolute Gasteiger partial charge is 0.221 e. The molecule has 5 nitrogen and oxygen atoms in total. The van der Waals surface area contributed by atoms with Gasteiger partial charge in [0, 0.05) is 19.5 Å². The number of amides is 1. The van der Waals surface area contributed by atoms with Crippen LogP contribution in [0.15, 0.2) is 12.1 Å². The molecule has 1 aromatic carbocycles. The minimum absolute atomic E-state index is 0.0801. The van der Waals surface area contributed by atoms with Gasteiger partial charge in [0.2, 0.25) is 5.91 Å². The molecule has 0 atom stereocenters. The number of carbonyl (C=O) groups is 1. The van der Waals surface area contributed by atoms with Crippen molar-refractivity contribution in [3.05, 3.63) is 22.7 Å². The monoisotopic (exact) mass is 270 g/mol. The van der Waals surface area contributed by atoms with Gasteiger partial charge in [0.25, 0.3) is 0 Å². The zero-order valence-corrected chi connectivity index (χ0v) is 10.6. The average molecular weight is 271 g/mol. The second-order valence-electron chi connectivity index (χ2n) is 3.92. The van der Waals surface area contributed by atoms with Crippen LogP contribution in [0.4, 0.5) is 0 Å². The van der Waals surface area contributed by atoms with Gasteiger partial charge in [0.05, 0.1) is 5.02 Å². The molecule has 98 valence electrons. The molecular weight excluding hydrogens is 256 g/mol. The van der Waals surface area contributed by atoms with Crippen molar-refractivity contribution in [2.75, 3.05) is 19.8 Å². The zero-order chi connectivity index (χ0) is 13.0. The highest BCUT2D eigenvalue weighted by molar-refractivity contribution is 6.32. The normalized spacial score (nSPS) is 13.2. The Morgan fingerprint density at radius 1 is 1.39 bits per heavy atom. The van der Waals surface area contributed by atoms with E-state index in [1.807, 2.05) is 6.07 Å². The van der Waals surface area contributed by atoms with Crippen molar-refractivity contribution < 1.29 is 14.3 Å². The number of halogens is 1. The summed E-state index contributed by atoms with van der Waals surface area (Å²) in [5.41, 5.74) is 6.17. The molecule has 18 heavy (non-hydrogen) atoms. The second-order valence-corrected chi connectivity index (χ2v) is 4.32. The van der Waals surface area contributed by atoms with Crippen LogP contribution in [0, 0.1) is 0 Å². The van der Waals surface area contributed by atoms with E-state index in [1.165, 1.54) is 0 Å². The lowest BCUT2D eigenvalue weighted by Crippen LogP contribution is -2.25. The number of carbonyl (C=O) groups excluding carboxylic acids is 1. The van der Waals surface area contributed by atoms with Gasteiger partial charge in [-0.25, -0.2) is 0 Å². The number of hydrogen-bond acceptors (Lipinski definition) is 4. The van der Waals surface area contributed by atoms with Gasteiger partial charge < -0.3 is 20.5 Å². The lowest BCUT2D eigenvalue weighted by molar-refractivity contribution is -0.121. The van der Waals surface area contributed by atoms with E-state index >= 15 is 0 Å². The van der Waals surface area contributed by atoms with E-state index in [0.29, 0.717) is 49.2 Å². The molecule has 0 aromatic heterocycles. The van der Waals surface area contributed by atoms with E-state index in [-0.39, 0.29) is 5.91 Å². The molecule has 1 aliphatic rings. The molecule has 0 unspecified atom stereocenters. The molecule has 1 amide bonds. The highest BCUT2D eigenvalue weighted by atomic mass is 35.5. The molecular formula is C12H15ClN2O3. The summed E-state index contributed by atoms with van der Waals surface area (Å²) < 4.78 is 10.9. The predicted molar refractivity (Wildman–Crippen MR) is 68.0 cm³/mol. The number of nitrogens with one attached hydrogen (secondary N) is 1. The number of fused-ring (bicyclic) bond motifs is 1. The number of benzene rings is 1. The fourth-order valence-corrected chi connectivity index (χ4v) is 1.97. The molecule has 0 radical (unpaired) electrons. The summed E-state index contributed by atoms with van der Waals surface area (Å²) in [6.45, 7) is 1.74. The van der Waals surface area contributed by atoms with Crippen LogP contribution < -0.4 is 20.5 Å². The molecule has 0 saturated carbocycles. The zero-order valence-electron chi connectivity index (χ0n) is 9.87. The first kappa shape index (κ1) is 13.0. The molecule has 6 heteroatoms. The van der Waals surface area contributed by atoms with Crippen molar-refractivity contribution in [1.29, 1.82) is 0 Å². The lowest BCUT2D eigenvalue weighted by atomic mass is 10.2. The predicted octanol–water partition coefficient (Wildman–Crippen LogP) is 1.08. The molecule has 0 fully saturated rings.